The smallest absolute Gasteiger partial charge is 0.226 e. The zero-order valence-corrected chi connectivity index (χ0v) is 15.0. The van der Waals surface area contributed by atoms with E-state index in [1.165, 1.54) is 16.9 Å². The van der Waals surface area contributed by atoms with Gasteiger partial charge in [0.25, 0.3) is 0 Å². The van der Waals surface area contributed by atoms with Gasteiger partial charge in [0.05, 0.1) is 18.7 Å². The van der Waals surface area contributed by atoms with E-state index < -0.39 is 0 Å². The molecule has 1 aromatic carbocycles. The van der Waals surface area contributed by atoms with Crippen molar-refractivity contribution in [3.05, 3.63) is 65.4 Å². The van der Waals surface area contributed by atoms with Crippen molar-refractivity contribution in [2.45, 2.75) is 12.8 Å². The fraction of sp³-hybridized carbons (Fsp3) is 0.250. The zero-order chi connectivity index (χ0) is 17.8. The number of fused-ring (bicyclic) bond motifs is 1. The maximum Gasteiger partial charge on any atom is 0.226 e. The Kier molecular flexibility index (Phi) is 4.93. The average Bonchev–Trinajstić information content (AvgIpc) is 3.15. The molecule has 0 radical (unpaired) electrons. The fourth-order valence-corrected chi connectivity index (χ4v) is 3.83. The van der Waals surface area contributed by atoms with Crippen LogP contribution in [-0.2, 0) is 17.6 Å². The molecular weight excluding hydrogens is 346 g/mol. The highest BCUT2D eigenvalue weighted by Crippen LogP contribution is 2.26. The lowest BCUT2D eigenvalue weighted by Crippen LogP contribution is -2.35. The van der Waals surface area contributed by atoms with E-state index in [-0.39, 0.29) is 5.91 Å². The fourth-order valence-electron chi connectivity index (χ4n) is 3.02. The van der Waals surface area contributed by atoms with Gasteiger partial charge in [-0.1, -0.05) is 18.2 Å². The lowest BCUT2D eigenvalue weighted by molar-refractivity contribution is -0.120. The average molecular weight is 365 g/mol. The van der Waals surface area contributed by atoms with E-state index >= 15 is 0 Å². The van der Waals surface area contributed by atoms with Gasteiger partial charge >= 0.3 is 0 Å². The number of nitrogens with zero attached hydrogens (tertiary/aromatic N) is 2. The summed E-state index contributed by atoms with van der Waals surface area (Å²) in [5.74, 6) is 1.25. The third-order valence-corrected chi connectivity index (χ3v) is 5.29. The lowest BCUT2D eigenvalue weighted by atomic mass is 9.97. The van der Waals surface area contributed by atoms with Gasteiger partial charge in [0.1, 0.15) is 10.8 Å². The maximum atomic E-state index is 12.2. The van der Waals surface area contributed by atoms with Crippen LogP contribution in [0.2, 0.25) is 0 Å². The molecule has 1 atom stereocenters. The predicted octanol–water partition coefficient (Wildman–Crippen LogP) is 3.12. The number of aromatic nitrogens is 2. The molecule has 4 rings (SSSR count). The van der Waals surface area contributed by atoms with Crippen LogP contribution in [0.25, 0.3) is 10.6 Å². The van der Waals surface area contributed by atoms with Crippen molar-refractivity contribution in [1.82, 2.24) is 15.3 Å². The summed E-state index contributed by atoms with van der Waals surface area (Å²) in [6, 6.07) is 11.9. The summed E-state index contributed by atoms with van der Waals surface area (Å²) in [7, 11) is 0. The third-order valence-electron chi connectivity index (χ3n) is 4.35. The van der Waals surface area contributed by atoms with Gasteiger partial charge in [-0.25, -0.2) is 4.98 Å². The van der Waals surface area contributed by atoms with E-state index in [1.54, 1.807) is 12.4 Å². The SMILES string of the molecule is O=C(Cc1csc(-c2cccnc2)n1)NCC1COc2ccccc2C1. The lowest BCUT2D eigenvalue weighted by Gasteiger charge is -2.25. The molecule has 6 heteroatoms. The highest BCUT2D eigenvalue weighted by molar-refractivity contribution is 7.13. The molecule has 2 aromatic heterocycles. The van der Waals surface area contributed by atoms with Gasteiger partial charge in [0.2, 0.25) is 5.91 Å². The number of para-hydroxylation sites is 1. The highest BCUT2D eigenvalue weighted by atomic mass is 32.1. The molecule has 1 aliphatic heterocycles. The van der Waals surface area contributed by atoms with Crippen LogP contribution in [0.5, 0.6) is 5.75 Å². The molecule has 1 aliphatic rings. The van der Waals surface area contributed by atoms with Gasteiger partial charge in [0.15, 0.2) is 0 Å². The first-order valence-corrected chi connectivity index (χ1v) is 9.48. The molecule has 3 aromatic rings. The summed E-state index contributed by atoms with van der Waals surface area (Å²) in [6.07, 6.45) is 4.74. The Bertz CT molecular complexity index is 895. The van der Waals surface area contributed by atoms with E-state index in [9.17, 15) is 4.79 Å². The molecule has 5 nitrogen and oxygen atoms in total. The first-order valence-electron chi connectivity index (χ1n) is 8.60. The Morgan fingerprint density at radius 1 is 1.27 bits per heavy atom. The normalized spacial score (nSPS) is 15.8. The Morgan fingerprint density at radius 2 is 2.19 bits per heavy atom. The second-order valence-corrected chi connectivity index (χ2v) is 7.21. The minimum absolute atomic E-state index is 0.00750. The van der Waals surface area contributed by atoms with Crippen LogP contribution in [0.3, 0.4) is 0 Å². The monoisotopic (exact) mass is 365 g/mol. The minimum Gasteiger partial charge on any atom is -0.493 e. The summed E-state index contributed by atoms with van der Waals surface area (Å²) < 4.78 is 5.77. The quantitative estimate of drug-likeness (QED) is 0.755. The Hall–Kier alpha value is -2.73. The van der Waals surface area contributed by atoms with Crippen molar-refractivity contribution in [2.75, 3.05) is 13.2 Å². The first kappa shape index (κ1) is 16.7. The molecule has 3 heterocycles. The van der Waals surface area contributed by atoms with Crippen LogP contribution in [0, 0.1) is 5.92 Å². The molecule has 132 valence electrons. The van der Waals surface area contributed by atoms with Crippen molar-refractivity contribution in [2.24, 2.45) is 5.92 Å². The number of rotatable bonds is 5. The number of thiazole rings is 1. The molecule has 0 aliphatic carbocycles. The third kappa shape index (κ3) is 3.91. The van der Waals surface area contributed by atoms with Crippen LogP contribution in [-0.4, -0.2) is 29.0 Å². The summed E-state index contributed by atoms with van der Waals surface area (Å²) in [4.78, 5) is 20.9. The van der Waals surface area contributed by atoms with E-state index in [1.807, 2.05) is 35.7 Å². The van der Waals surface area contributed by atoms with Crippen LogP contribution < -0.4 is 10.1 Å². The molecule has 1 amide bonds. The number of carbonyl (C=O) groups excluding carboxylic acids is 1. The van der Waals surface area contributed by atoms with Gasteiger partial charge in [-0.3, -0.25) is 9.78 Å². The van der Waals surface area contributed by atoms with Gasteiger partial charge in [0, 0.05) is 35.8 Å². The number of benzene rings is 1. The standard InChI is InChI=1S/C20H19N3O2S/c24-19(9-17-13-26-20(23-17)16-5-3-7-21-11-16)22-10-14-8-15-4-1-2-6-18(15)25-12-14/h1-7,11,13-14H,8-10,12H2,(H,22,24). The number of nitrogens with one attached hydrogen (secondary N) is 1. The molecule has 26 heavy (non-hydrogen) atoms. The van der Waals surface area contributed by atoms with Gasteiger partial charge < -0.3 is 10.1 Å². The molecule has 0 fully saturated rings. The Morgan fingerprint density at radius 3 is 3.08 bits per heavy atom. The van der Waals surface area contributed by atoms with E-state index in [4.69, 9.17) is 4.74 Å². The van der Waals surface area contributed by atoms with Crippen LogP contribution in [0.4, 0.5) is 0 Å². The molecular formula is C20H19N3O2S. The van der Waals surface area contributed by atoms with Crippen molar-refractivity contribution in [3.63, 3.8) is 0 Å². The molecule has 1 N–H and O–H groups in total. The molecule has 1 unspecified atom stereocenters. The summed E-state index contributed by atoms with van der Waals surface area (Å²) in [5, 5.41) is 5.83. The maximum absolute atomic E-state index is 12.2. The van der Waals surface area contributed by atoms with Crippen LogP contribution in [0.1, 0.15) is 11.3 Å². The number of carbonyl (C=O) groups is 1. The van der Waals surface area contributed by atoms with E-state index in [2.05, 4.69) is 21.4 Å². The second kappa shape index (κ2) is 7.66. The number of amides is 1. The van der Waals surface area contributed by atoms with Crippen molar-refractivity contribution >= 4 is 17.2 Å². The zero-order valence-electron chi connectivity index (χ0n) is 14.2. The Balaban J connectivity index is 1.29. The van der Waals surface area contributed by atoms with Gasteiger partial charge in [-0.15, -0.1) is 11.3 Å². The van der Waals surface area contributed by atoms with Crippen molar-refractivity contribution < 1.29 is 9.53 Å². The summed E-state index contributed by atoms with van der Waals surface area (Å²) in [5.41, 5.74) is 2.97. The van der Waals surface area contributed by atoms with Gasteiger partial charge in [-0.2, -0.15) is 0 Å². The minimum atomic E-state index is -0.00750. The molecule has 0 saturated heterocycles. The number of ether oxygens (including phenoxy) is 1. The highest BCUT2D eigenvalue weighted by Gasteiger charge is 2.20. The Labute approximate surface area is 156 Å². The van der Waals surface area contributed by atoms with Crippen LogP contribution in [0.15, 0.2) is 54.2 Å². The predicted molar refractivity (Wildman–Crippen MR) is 101 cm³/mol. The van der Waals surface area contributed by atoms with Crippen LogP contribution >= 0.6 is 11.3 Å². The topological polar surface area (TPSA) is 64.1 Å². The summed E-state index contributed by atoms with van der Waals surface area (Å²) in [6.45, 7) is 1.26. The first-order chi connectivity index (χ1) is 12.8. The van der Waals surface area contributed by atoms with Crippen molar-refractivity contribution in [1.29, 1.82) is 0 Å². The molecule has 0 spiro atoms. The molecule has 0 saturated carbocycles. The van der Waals surface area contributed by atoms with Gasteiger partial charge in [-0.05, 0) is 30.2 Å². The number of pyridine rings is 1. The van der Waals surface area contributed by atoms with E-state index in [0.717, 1.165) is 28.4 Å². The molecule has 0 bridgehead atoms. The van der Waals surface area contributed by atoms with E-state index in [0.29, 0.717) is 25.5 Å². The number of hydrogen-bond donors (Lipinski definition) is 1. The summed E-state index contributed by atoms with van der Waals surface area (Å²) >= 11 is 1.53. The number of hydrogen-bond acceptors (Lipinski definition) is 5. The van der Waals surface area contributed by atoms with Crippen molar-refractivity contribution in [3.8, 4) is 16.3 Å². The second-order valence-electron chi connectivity index (χ2n) is 6.36. The largest absolute Gasteiger partial charge is 0.493 e.